The van der Waals surface area contributed by atoms with E-state index in [1.807, 2.05) is 6.92 Å². The van der Waals surface area contributed by atoms with Crippen molar-refractivity contribution in [2.75, 3.05) is 12.8 Å². The van der Waals surface area contributed by atoms with E-state index in [1.165, 1.54) is 18.3 Å². The average Bonchev–Trinajstić information content (AvgIpc) is 2.47. The molecule has 2 aromatic rings. The quantitative estimate of drug-likeness (QED) is 0.898. The van der Waals surface area contributed by atoms with Gasteiger partial charge in [-0.25, -0.2) is 8.42 Å². The van der Waals surface area contributed by atoms with Crippen molar-refractivity contribution in [2.24, 2.45) is 0 Å². The molecule has 1 unspecified atom stereocenters. The number of ether oxygens (including phenoxy) is 1. The molecule has 1 aromatic heterocycles. The molecule has 7 heteroatoms. The van der Waals surface area contributed by atoms with Crippen LogP contribution in [0.2, 0.25) is 0 Å². The maximum Gasteiger partial charge on any atom is 0.210 e. The Morgan fingerprint density at radius 3 is 2.57 bits per heavy atom. The van der Waals surface area contributed by atoms with Gasteiger partial charge in [0.15, 0.2) is 5.82 Å². The fourth-order valence-electron chi connectivity index (χ4n) is 2.00. The van der Waals surface area contributed by atoms with E-state index in [1.54, 1.807) is 25.3 Å². The monoisotopic (exact) mass is 307 g/mol. The van der Waals surface area contributed by atoms with Crippen molar-refractivity contribution in [3.8, 4) is 0 Å². The van der Waals surface area contributed by atoms with Gasteiger partial charge >= 0.3 is 0 Å². The van der Waals surface area contributed by atoms with E-state index in [0.717, 1.165) is 0 Å². The van der Waals surface area contributed by atoms with Gasteiger partial charge in [-0.3, -0.25) is 0 Å². The van der Waals surface area contributed by atoms with Crippen molar-refractivity contribution >= 4 is 15.7 Å². The van der Waals surface area contributed by atoms with Crippen LogP contribution in [0.3, 0.4) is 0 Å². The lowest BCUT2D eigenvalue weighted by Crippen LogP contribution is -2.16. The van der Waals surface area contributed by atoms with Crippen LogP contribution in [0.15, 0.2) is 46.3 Å². The van der Waals surface area contributed by atoms with Crippen LogP contribution in [-0.4, -0.2) is 31.8 Å². The summed E-state index contributed by atoms with van der Waals surface area (Å²) in [4.78, 5) is 0.184. The van der Waals surface area contributed by atoms with E-state index in [0.29, 0.717) is 12.0 Å². The Morgan fingerprint density at radius 1 is 1.29 bits per heavy atom. The van der Waals surface area contributed by atoms with Gasteiger partial charge in [0.25, 0.3) is 0 Å². The Balaban J connectivity index is 2.58. The zero-order chi connectivity index (χ0) is 15.5. The second-order valence-corrected chi connectivity index (χ2v) is 6.54. The maximum absolute atomic E-state index is 12.8. The van der Waals surface area contributed by atoms with E-state index >= 15 is 0 Å². The fraction of sp³-hybridized carbons (Fsp3) is 0.286. The van der Waals surface area contributed by atoms with E-state index < -0.39 is 9.84 Å². The molecule has 112 valence electrons. The summed E-state index contributed by atoms with van der Waals surface area (Å²) in [6.07, 6.45) is 1.65. The summed E-state index contributed by atoms with van der Waals surface area (Å²) in [5.41, 5.74) is 6.27. The molecule has 0 aliphatic heterocycles. The number of aromatic nitrogens is 2. The number of rotatable bonds is 5. The Bertz CT molecular complexity index is 717. The van der Waals surface area contributed by atoms with E-state index in [9.17, 15) is 8.42 Å². The fourth-order valence-corrected chi connectivity index (χ4v) is 3.54. The lowest BCUT2D eigenvalue weighted by molar-refractivity contribution is 0.118. The first-order chi connectivity index (χ1) is 9.96. The normalized spacial score (nSPS) is 13.0. The van der Waals surface area contributed by atoms with Crippen LogP contribution in [0.5, 0.6) is 0 Å². The van der Waals surface area contributed by atoms with Gasteiger partial charge in [0, 0.05) is 13.5 Å². The van der Waals surface area contributed by atoms with Gasteiger partial charge < -0.3 is 10.5 Å². The molecule has 0 saturated carbocycles. The number of sulfone groups is 1. The summed E-state index contributed by atoms with van der Waals surface area (Å²) in [6.45, 7) is 1.84. The molecule has 1 aromatic carbocycles. The van der Waals surface area contributed by atoms with Gasteiger partial charge in [-0.05, 0) is 24.6 Å². The van der Waals surface area contributed by atoms with Gasteiger partial charge in [0.05, 0.1) is 17.2 Å². The van der Waals surface area contributed by atoms with Crippen molar-refractivity contribution in [3.05, 3.63) is 42.1 Å². The minimum Gasteiger partial charge on any atom is -0.381 e. The zero-order valence-electron chi connectivity index (χ0n) is 11.9. The van der Waals surface area contributed by atoms with Gasteiger partial charge in [-0.2, -0.15) is 5.10 Å². The molecule has 1 heterocycles. The highest BCUT2D eigenvalue weighted by atomic mass is 32.2. The number of nitrogens with zero attached hydrogens (tertiary/aromatic N) is 2. The van der Waals surface area contributed by atoms with Crippen LogP contribution in [0.1, 0.15) is 12.5 Å². The number of hydrogen-bond acceptors (Lipinski definition) is 6. The first kappa shape index (κ1) is 15.4. The minimum atomic E-state index is -3.74. The first-order valence-electron chi connectivity index (χ1n) is 6.39. The first-order valence-corrected chi connectivity index (χ1v) is 7.88. The van der Waals surface area contributed by atoms with Crippen LogP contribution < -0.4 is 5.73 Å². The molecule has 0 fully saturated rings. The smallest absolute Gasteiger partial charge is 0.210 e. The molecule has 0 radical (unpaired) electrons. The van der Waals surface area contributed by atoms with Crippen molar-refractivity contribution in [3.63, 3.8) is 0 Å². The van der Waals surface area contributed by atoms with Gasteiger partial charge in [-0.1, -0.05) is 18.2 Å². The lowest BCUT2D eigenvalue weighted by atomic mass is 10.1. The highest BCUT2D eigenvalue weighted by molar-refractivity contribution is 7.91. The second-order valence-electron chi connectivity index (χ2n) is 4.65. The summed E-state index contributed by atoms with van der Waals surface area (Å²) in [5, 5.41) is 7.42. The third-order valence-corrected chi connectivity index (χ3v) is 5.04. The predicted molar refractivity (Wildman–Crippen MR) is 78.5 cm³/mol. The van der Waals surface area contributed by atoms with Crippen LogP contribution in [0, 0.1) is 0 Å². The Hall–Kier alpha value is -1.99. The van der Waals surface area contributed by atoms with Gasteiger partial charge in [0.2, 0.25) is 9.84 Å². The molecular weight excluding hydrogens is 290 g/mol. The molecule has 0 bridgehead atoms. The van der Waals surface area contributed by atoms with Crippen LogP contribution in [0.25, 0.3) is 0 Å². The number of benzene rings is 1. The summed E-state index contributed by atoms with van der Waals surface area (Å²) in [5.74, 6) is -0.0975. The van der Waals surface area contributed by atoms with E-state index in [4.69, 9.17) is 10.5 Å². The topological polar surface area (TPSA) is 95.2 Å². The number of nitrogens with two attached hydrogens (primary N) is 1. The Labute approximate surface area is 123 Å². The van der Waals surface area contributed by atoms with Crippen molar-refractivity contribution in [1.82, 2.24) is 10.2 Å². The molecule has 6 nitrogen and oxygen atoms in total. The highest BCUT2D eigenvalue weighted by Crippen LogP contribution is 2.28. The second kappa shape index (κ2) is 6.19. The predicted octanol–water partition coefficient (Wildman–Crippen LogP) is 1.47. The standard InChI is InChI=1S/C14H17N3O3S/c1-10(20-2)8-11-9-16-17-14(15)13(11)21(18,19)12-6-4-3-5-7-12/h3-7,9-10H,8H2,1-2H3,(H2,15,17). The molecule has 0 spiro atoms. The number of hydrogen-bond donors (Lipinski definition) is 1. The molecule has 0 saturated heterocycles. The third-order valence-electron chi connectivity index (χ3n) is 3.14. The molecule has 21 heavy (non-hydrogen) atoms. The summed E-state index contributed by atoms with van der Waals surface area (Å²) in [6, 6.07) is 8.13. The number of anilines is 1. The summed E-state index contributed by atoms with van der Waals surface area (Å²) < 4.78 is 30.7. The average molecular weight is 307 g/mol. The van der Waals surface area contributed by atoms with Crippen LogP contribution in [0.4, 0.5) is 5.82 Å². The van der Waals surface area contributed by atoms with Gasteiger partial charge in [0.1, 0.15) is 4.90 Å². The largest absolute Gasteiger partial charge is 0.381 e. The molecule has 0 aliphatic carbocycles. The summed E-state index contributed by atoms with van der Waals surface area (Å²) in [7, 11) is -2.17. The minimum absolute atomic E-state index is 0.00704. The molecule has 2 N–H and O–H groups in total. The van der Waals surface area contributed by atoms with Crippen LogP contribution >= 0.6 is 0 Å². The van der Waals surface area contributed by atoms with Crippen molar-refractivity contribution in [1.29, 1.82) is 0 Å². The number of nitrogen functional groups attached to an aromatic ring is 1. The van der Waals surface area contributed by atoms with Crippen molar-refractivity contribution < 1.29 is 13.2 Å². The molecule has 1 atom stereocenters. The molecular formula is C14H17N3O3S. The lowest BCUT2D eigenvalue weighted by Gasteiger charge is -2.14. The molecule has 0 aliphatic rings. The maximum atomic E-state index is 12.8. The molecule has 2 rings (SSSR count). The molecule has 0 amide bonds. The van der Waals surface area contributed by atoms with E-state index in [2.05, 4.69) is 10.2 Å². The third kappa shape index (κ3) is 3.20. The SMILES string of the molecule is COC(C)Cc1cnnc(N)c1S(=O)(=O)c1ccccc1. The summed E-state index contributed by atoms with van der Waals surface area (Å²) >= 11 is 0. The van der Waals surface area contributed by atoms with Crippen molar-refractivity contribution in [2.45, 2.75) is 29.2 Å². The van der Waals surface area contributed by atoms with Crippen LogP contribution in [-0.2, 0) is 21.0 Å². The Morgan fingerprint density at radius 2 is 1.95 bits per heavy atom. The van der Waals surface area contributed by atoms with Gasteiger partial charge in [-0.15, -0.1) is 5.10 Å². The van der Waals surface area contributed by atoms with E-state index in [-0.39, 0.29) is 21.7 Å². The highest BCUT2D eigenvalue weighted by Gasteiger charge is 2.26. The number of methoxy groups -OCH3 is 1. The zero-order valence-corrected chi connectivity index (χ0v) is 12.7. The Kier molecular flexibility index (Phi) is 4.54.